The van der Waals surface area contributed by atoms with E-state index in [9.17, 15) is 9.59 Å². The van der Waals surface area contributed by atoms with E-state index in [1.54, 1.807) is 37.3 Å². The topological polar surface area (TPSA) is 93.9 Å². The Hall–Kier alpha value is -2.87. The van der Waals surface area contributed by atoms with Crippen LogP contribution in [-0.2, 0) is 19.1 Å². The number of nitrogens with two attached hydrogens (primary N) is 1. The van der Waals surface area contributed by atoms with Gasteiger partial charge in [0.15, 0.2) is 0 Å². The van der Waals surface area contributed by atoms with E-state index >= 15 is 0 Å². The van der Waals surface area contributed by atoms with Gasteiger partial charge in [-0.15, -0.1) is 0 Å². The summed E-state index contributed by atoms with van der Waals surface area (Å²) in [7, 11) is 3.27. The van der Waals surface area contributed by atoms with Crippen molar-refractivity contribution in [3.05, 3.63) is 70.3 Å². The molecule has 2 aliphatic rings. The number of nitrogen functional groups attached to an aromatic ring is 1. The first-order valence-corrected chi connectivity index (χ1v) is 11.6. The predicted molar refractivity (Wildman–Crippen MR) is 137 cm³/mol. The van der Waals surface area contributed by atoms with Crippen molar-refractivity contribution in [2.24, 2.45) is 0 Å². The summed E-state index contributed by atoms with van der Waals surface area (Å²) in [6, 6.07) is 5.14. The zero-order chi connectivity index (χ0) is 24.9. The molecule has 1 heterocycles. The number of anilines is 1. The van der Waals surface area contributed by atoms with Gasteiger partial charge in [-0.25, -0.2) is 0 Å². The van der Waals surface area contributed by atoms with Crippen LogP contribution in [0, 0.1) is 0 Å². The Bertz CT molecular complexity index is 967. The molecule has 0 aromatic heterocycles. The van der Waals surface area contributed by atoms with Crippen molar-refractivity contribution >= 4 is 35.2 Å². The third kappa shape index (κ3) is 7.87. The number of hydrogen-bond donors (Lipinski definition) is 2. The summed E-state index contributed by atoms with van der Waals surface area (Å²) < 4.78 is 9.53. The second-order valence-electron chi connectivity index (χ2n) is 7.76. The van der Waals surface area contributed by atoms with Crippen molar-refractivity contribution in [3.8, 4) is 0 Å². The summed E-state index contributed by atoms with van der Waals surface area (Å²) >= 11 is 6.17. The number of nitrogens with zero attached hydrogens (tertiary/aromatic N) is 1. The maximum atomic E-state index is 12.5. The van der Waals surface area contributed by atoms with Crippen LogP contribution in [0.1, 0.15) is 25.3 Å². The van der Waals surface area contributed by atoms with Crippen molar-refractivity contribution < 1.29 is 19.1 Å². The first-order chi connectivity index (χ1) is 16.4. The van der Waals surface area contributed by atoms with Gasteiger partial charge in [0.25, 0.3) is 5.91 Å². The summed E-state index contributed by atoms with van der Waals surface area (Å²) in [4.78, 5) is 26.0. The van der Waals surface area contributed by atoms with Crippen LogP contribution in [0.5, 0.6) is 0 Å². The van der Waals surface area contributed by atoms with E-state index < -0.39 is 0 Å². The standard InChI is InChI=1S/C23H26ClN3O3.C3H8O/c1-30-11-9-26-23(29)18-5-3-2-4-17(12-18)22-13-16(8-10-27(22)15-28)20-14-19(24)6-7-21(20)25;1-3-4-2/h2-3,5-7,12-15,22H,4,8-11,25H2,1H3,(H,26,29);3H2,1-2H3. The molecule has 7 nitrogen and oxygen atoms in total. The Morgan fingerprint density at radius 3 is 2.76 bits per heavy atom. The number of nitrogens with one attached hydrogen (secondary N) is 1. The predicted octanol–water partition coefficient (Wildman–Crippen LogP) is 3.76. The summed E-state index contributed by atoms with van der Waals surface area (Å²) in [6.07, 6.45) is 11.7. The molecule has 0 spiro atoms. The maximum Gasteiger partial charge on any atom is 0.251 e. The zero-order valence-corrected chi connectivity index (χ0v) is 20.8. The highest BCUT2D eigenvalue weighted by atomic mass is 35.5. The smallest absolute Gasteiger partial charge is 0.251 e. The highest BCUT2D eigenvalue weighted by Gasteiger charge is 2.26. The van der Waals surface area contributed by atoms with Crippen LogP contribution < -0.4 is 11.1 Å². The van der Waals surface area contributed by atoms with Crippen LogP contribution in [0.2, 0.25) is 5.02 Å². The molecule has 1 unspecified atom stereocenters. The number of ether oxygens (including phenoxy) is 2. The minimum atomic E-state index is -0.262. The Morgan fingerprint density at radius 2 is 2.09 bits per heavy atom. The number of benzene rings is 1. The lowest BCUT2D eigenvalue weighted by molar-refractivity contribution is -0.119. The van der Waals surface area contributed by atoms with Gasteiger partial charge in [-0.1, -0.05) is 29.8 Å². The molecule has 1 aromatic rings. The summed E-state index contributed by atoms with van der Waals surface area (Å²) in [5.74, 6) is -0.173. The molecule has 3 N–H and O–H groups in total. The number of allylic oxidation sites excluding steroid dienone is 3. The Labute approximate surface area is 206 Å². The number of methoxy groups -OCH3 is 2. The molecule has 0 radical (unpaired) electrons. The van der Waals surface area contributed by atoms with Gasteiger partial charge in [-0.2, -0.15) is 0 Å². The fourth-order valence-electron chi connectivity index (χ4n) is 3.63. The van der Waals surface area contributed by atoms with Crippen molar-refractivity contribution in [2.45, 2.75) is 25.8 Å². The highest BCUT2D eigenvalue weighted by Crippen LogP contribution is 2.33. The molecule has 0 fully saturated rings. The van der Waals surface area contributed by atoms with E-state index in [1.807, 2.05) is 37.3 Å². The molecule has 8 heteroatoms. The molecule has 3 rings (SSSR count). The van der Waals surface area contributed by atoms with Gasteiger partial charge in [0.05, 0.1) is 12.6 Å². The first-order valence-electron chi connectivity index (χ1n) is 11.3. The summed E-state index contributed by atoms with van der Waals surface area (Å²) in [6.45, 7) is 4.22. The van der Waals surface area contributed by atoms with E-state index in [0.717, 1.165) is 29.7 Å². The van der Waals surface area contributed by atoms with E-state index in [2.05, 4.69) is 10.1 Å². The van der Waals surface area contributed by atoms with Crippen LogP contribution in [-0.4, -0.2) is 63.8 Å². The monoisotopic (exact) mass is 487 g/mol. The maximum absolute atomic E-state index is 12.5. The average molecular weight is 488 g/mol. The van der Waals surface area contributed by atoms with Gasteiger partial charge in [0.1, 0.15) is 0 Å². The lowest BCUT2D eigenvalue weighted by Crippen LogP contribution is -2.38. The van der Waals surface area contributed by atoms with E-state index in [1.165, 1.54) is 0 Å². The molecular formula is C26H34ClN3O4. The Morgan fingerprint density at radius 1 is 1.32 bits per heavy atom. The number of carbonyl (C=O) groups is 2. The van der Waals surface area contributed by atoms with Crippen LogP contribution >= 0.6 is 11.6 Å². The number of rotatable bonds is 8. The SMILES string of the molecule is CCOC.COCCNC(=O)C1=CC=CCC(C2C=C(c3cc(Cl)ccc3N)CCN2C=O)=C1. The van der Waals surface area contributed by atoms with E-state index in [0.29, 0.717) is 48.8 Å². The van der Waals surface area contributed by atoms with Crippen LogP contribution in [0.15, 0.2) is 59.7 Å². The molecule has 0 saturated heterocycles. The second kappa shape index (κ2) is 14.4. The Balaban J connectivity index is 0.000000945. The Kier molecular flexibility index (Phi) is 11.6. The van der Waals surface area contributed by atoms with Gasteiger partial charge in [-0.05, 0) is 61.3 Å². The van der Waals surface area contributed by atoms with Crippen LogP contribution in [0.3, 0.4) is 0 Å². The molecular weight excluding hydrogens is 454 g/mol. The fraction of sp³-hybridized carbons (Fsp3) is 0.385. The largest absolute Gasteiger partial charge is 0.398 e. The number of hydrogen-bond acceptors (Lipinski definition) is 5. The molecule has 1 aliphatic carbocycles. The van der Waals surface area contributed by atoms with Gasteiger partial charge in [0, 0.05) is 55.8 Å². The van der Waals surface area contributed by atoms with E-state index in [4.69, 9.17) is 22.1 Å². The average Bonchev–Trinajstić information content (AvgIpc) is 3.12. The third-order valence-corrected chi connectivity index (χ3v) is 5.72. The minimum Gasteiger partial charge on any atom is -0.398 e. The quantitative estimate of drug-likeness (QED) is 0.331. The lowest BCUT2D eigenvalue weighted by Gasteiger charge is -2.33. The number of carbonyl (C=O) groups excluding carboxylic acids is 2. The molecule has 1 aromatic carbocycles. The molecule has 1 atom stereocenters. The fourth-order valence-corrected chi connectivity index (χ4v) is 3.80. The third-order valence-electron chi connectivity index (χ3n) is 5.48. The van der Waals surface area contributed by atoms with Crippen molar-refractivity contribution in [2.75, 3.05) is 46.3 Å². The summed E-state index contributed by atoms with van der Waals surface area (Å²) in [5.41, 5.74) is 10.3. The van der Waals surface area contributed by atoms with Crippen molar-refractivity contribution in [1.29, 1.82) is 0 Å². The van der Waals surface area contributed by atoms with Crippen molar-refractivity contribution in [1.82, 2.24) is 10.2 Å². The summed E-state index contributed by atoms with van der Waals surface area (Å²) in [5, 5.41) is 3.45. The number of amides is 2. The highest BCUT2D eigenvalue weighted by molar-refractivity contribution is 6.30. The first kappa shape index (κ1) is 27.4. The molecule has 34 heavy (non-hydrogen) atoms. The second-order valence-corrected chi connectivity index (χ2v) is 8.20. The van der Waals surface area contributed by atoms with Crippen LogP contribution in [0.4, 0.5) is 5.69 Å². The molecule has 184 valence electrons. The normalized spacial score (nSPS) is 17.5. The molecule has 0 saturated carbocycles. The van der Waals surface area contributed by atoms with Crippen LogP contribution in [0.25, 0.3) is 5.57 Å². The molecule has 2 amide bonds. The molecule has 1 aliphatic heterocycles. The number of halogens is 1. The van der Waals surface area contributed by atoms with Crippen molar-refractivity contribution in [3.63, 3.8) is 0 Å². The van der Waals surface area contributed by atoms with Gasteiger partial charge >= 0.3 is 0 Å². The minimum absolute atomic E-state index is 0.173. The van der Waals surface area contributed by atoms with Gasteiger partial charge in [-0.3, -0.25) is 9.59 Å². The molecule has 0 bridgehead atoms. The lowest BCUT2D eigenvalue weighted by atomic mass is 9.90. The van der Waals surface area contributed by atoms with Gasteiger partial charge in [0.2, 0.25) is 6.41 Å². The zero-order valence-electron chi connectivity index (χ0n) is 20.1. The van der Waals surface area contributed by atoms with E-state index in [-0.39, 0.29) is 11.9 Å². The van der Waals surface area contributed by atoms with Gasteiger partial charge < -0.3 is 25.4 Å².